The standard InChI is InChI=1S/C18H14ClFN6O/c19-14-4-3-5-15(20)13(14)10-25-9-12(8-21-25)22-18(27)11-26-17-7-2-1-6-16(17)23-24-26/h1-9H,10-11H2,(H,22,27). The van der Waals surface area contributed by atoms with Crippen LogP contribution in [0.1, 0.15) is 5.56 Å². The molecule has 2 aromatic carbocycles. The maximum absolute atomic E-state index is 13.9. The molecule has 2 heterocycles. The normalized spacial score (nSPS) is 11.0. The third-order valence-electron chi connectivity index (χ3n) is 4.01. The van der Waals surface area contributed by atoms with Gasteiger partial charge in [-0.2, -0.15) is 5.10 Å². The second kappa shape index (κ2) is 7.16. The number of amides is 1. The molecular weight excluding hydrogens is 371 g/mol. The van der Waals surface area contributed by atoms with Crippen molar-refractivity contribution in [2.75, 3.05) is 5.32 Å². The lowest BCUT2D eigenvalue weighted by atomic mass is 10.2. The first kappa shape index (κ1) is 17.2. The van der Waals surface area contributed by atoms with Crippen molar-refractivity contribution in [2.24, 2.45) is 0 Å². The number of nitrogens with zero attached hydrogens (tertiary/aromatic N) is 5. The molecule has 0 fully saturated rings. The Hall–Kier alpha value is -3.26. The number of nitrogens with one attached hydrogen (secondary N) is 1. The van der Waals surface area contributed by atoms with Crippen molar-refractivity contribution >= 4 is 34.2 Å². The van der Waals surface area contributed by atoms with Gasteiger partial charge in [-0.05, 0) is 24.3 Å². The number of anilines is 1. The average molecular weight is 385 g/mol. The maximum Gasteiger partial charge on any atom is 0.246 e. The van der Waals surface area contributed by atoms with Crippen LogP contribution in [0.5, 0.6) is 0 Å². The molecule has 0 aliphatic carbocycles. The smallest absolute Gasteiger partial charge is 0.246 e. The lowest BCUT2D eigenvalue weighted by Crippen LogP contribution is -2.19. The molecular formula is C18H14ClFN6O. The molecule has 0 saturated heterocycles. The number of hydrogen-bond donors (Lipinski definition) is 1. The highest BCUT2D eigenvalue weighted by Crippen LogP contribution is 2.20. The summed E-state index contributed by atoms with van der Waals surface area (Å²) in [5, 5.41) is 15.2. The quantitative estimate of drug-likeness (QED) is 0.573. The first-order chi connectivity index (χ1) is 13.1. The van der Waals surface area contributed by atoms with E-state index in [4.69, 9.17) is 11.6 Å². The zero-order valence-corrected chi connectivity index (χ0v) is 14.8. The Bertz CT molecular complexity index is 1100. The lowest BCUT2D eigenvalue weighted by Gasteiger charge is -2.06. The first-order valence-corrected chi connectivity index (χ1v) is 8.51. The van der Waals surface area contributed by atoms with Gasteiger partial charge in [-0.1, -0.05) is 35.0 Å². The van der Waals surface area contributed by atoms with E-state index in [1.807, 2.05) is 24.3 Å². The molecule has 0 aliphatic heterocycles. The van der Waals surface area contributed by atoms with Crippen LogP contribution in [-0.4, -0.2) is 30.7 Å². The minimum Gasteiger partial charge on any atom is -0.322 e. The third kappa shape index (κ3) is 3.65. The molecule has 0 unspecified atom stereocenters. The number of carbonyl (C=O) groups excluding carboxylic acids is 1. The van der Waals surface area contributed by atoms with Crippen molar-refractivity contribution in [3.05, 3.63) is 71.3 Å². The molecule has 0 radical (unpaired) electrons. The van der Waals surface area contributed by atoms with Gasteiger partial charge in [-0.25, -0.2) is 9.07 Å². The van der Waals surface area contributed by atoms with Gasteiger partial charge in [0.15, 0.2) is 0 Å². The zero-order valence-electron chi connectivity index (χ0n) is 14.0. The number of halogens is 2. The van der Waals surface area contributed by atoms with Gasteiger partial charge in [0.05, 0.1) is 23.9 Å². The van der Waals surface area contributed by atoms with Crippen molar-refractivity contribution in [1.29, 1.82) is 0 Å². The molecule has 7 nitrogen and oxygen atoms in total. The summed E-state index contributed by atoms with van der Waals surface area (Å²) in [6.45, 7) is 0.180. The van der Waals surface area contributed by atoms with Crippen LogP contribution in [0.15, 0.2) is 54.9 Å². The molecule has 4 aromatic rings. The predicted octanol–water partition coefficient (Wildman–Crippen LogP) is 3.11. The summed E-state index contributed by atoms with van der Waals surface area (Å²) in [5.74, 6) is -0.671. The summed E-state index contributed by atoms with van der Waals surface area (Å²) in [6, 6.07) is 11.9. The predicted molar refractivity (Wildman–Crippen MR) is 98.9 cm³/mol. The van der Waals surface area contributed by atoms with Crippen molar-refractivity contribution in [1.82, 2.24) is 24.8 Å². The molecule has 1 amide bonds. The highest BCUT2D eigenvalue weighted by atomic mass is 35.5. The summed E-state index contributed by atoms with van der Waals surface area (Å²) < 4.78 is 16.9. The van der Waals surface area contributed by atoms with Crippen LogP contribution in [0.25, 0.3) is 11.0 Å². The minimum absolute atomic E-state index is 0.0187. The number of benzene rings is 2. The van der Waals surface area contributed by atoms with E-state index < -0.39 is 5.82 Å². The van der Waals surface area contributed by atoms with Gasteiger partial charge in [0, 0.05) is 16.8 Å². The number of fused-ring (bicyclic) bond motifs is 1. The zero-order chi connectivity index (χ0) is 18.8. The maximum atomic E-state index is 13.9. The van der Waals surface area contributed by atoms with Crippen LogP contribution >= 0.6 is 11.6 Å². The molecule has 27 heavy (non-hydrogen) atoms. The first-order valence-electron chi connectivity index (χ1n) is 8.13. The second-order valence-corrected chi connectivity index (χ2v) is 6.32. The monoisotopic (exact) mass is 384 g/mol. The van der Waals surface area contributed by atoms with Gasteiger partial charge in [0.25, 0.3) is 0 Å². The highest BCUT2D eigenvalue weighted by molar-refractivity contribution is 6.31. The Morgan fingerprint density at radius 2 is 2.04 bits per heavy atom. The third-order valence-corrected chi connectivity index (χ3v) is 4.37. The summed E-state index contributed by atoms with van der Waals surface area (Å²) >= 11 is 6.03. The molecule has 136 valence electrons. The molecule has 1 N–H and O–H groups in total. The Morgan fingerprint density at radius 3 is 2.89 bits per heavy atom. The fraction of sp³-hybridized carbons (Fsp3) is 0.111. The van der Waals surface area contributed by atoms with Crippen LogP contribution in [0.3, 0.4) is 0 Å². The van der Waals surface area contributed by atoms with Crippen LogP contribution < -0.4 is 5.32 Å². The lowest BCUT2D eigenvalue weighted by molar-refractivity contribution is -0.116. The van der Waals surface area contributed by atoms with Crippen LogP contribution in [-0.2, 0) is 17.9 Å². The van der Waals surface area contributed by atoms with Gasteiger partial charge >= 0.3 is 0 Å². The Labute approximate surface area is 158 Å². The van der Waals surface area contributed by atoms with E-state index in [0.717, 1.165) is 11.0 Å². The Morgan fingerprint density at radius 1 is 1.19 bits per heavy atom. The van der Waals surface area contributed by atoms with Crippen molar-refractivity contribution in [3.63, 3.8) is 0 Å². The van der Waals surface area contributed by atoms with E-state index in [0.29, 0.717) is 16.3 Å². The Balaban J connectivity index is 1.44. The Kier molecular flexibility index (Phi) is 4.55. The van der Waals surface area contributed by atoms with Gasteiger partial charge in [0.1, 0.15) is 17.9 Å². The van der Waals surface area contributed by atoms with E-state index >= 15 is 0 Å². The van der Waals surface area contributed by atoms with Gasteiger partial charge in [-0.3, -0.25) is 9.48 Å². The number of rotatable bonds is 5. The van der Waals surface area contributed by atoms with Crippen molar-refractivity contribution < 1.29 is 9.18 Å². The molecule has 2 aromatic heterocycles. The highest BCUT2D eigenvalue weighted by Gasteiger charge is 2.11. The van der Waals surface area contributed by atoms with Crippen LogP contribution in [0.4, 0.5) is 10.1 Å². The summed E-state index contributed by atoms with van der Waals surface area (Å²) in [5.41, 5.74) is 2.34. The van der Waals surface area contributed by atoms with Crippen molar-refractivity contribution in [3.8, 4) is 0 Å². The SMILES string of the molecule is O=C(Cn1nnc2ccccc21)Nc1cnn(Cc2c(F)cccc2Cl)c1. The topological polar surface area (TPSA) is 77.6 Å². The molecule has 0 aliphatic rings. The van der Waals surface area contributed by atoms with Crippen LogP contribution in [0, 0.1) is 5.82 Å². The van der Waals surface area contributed by atoms with Gasteiger partial charge in [0.2, 0.25) is 5.91 Å². The second-order valence-electron chi connectivity index (χ2n) is 5.91. The number of carbonyl (C=O) groups is 1. The average Bonchev–Trinajstić information content (AvgIpc) is 3.26. The molecule has 0 atom stereocenters. The molecule has 0 bridgehead atoms. The summed E-state index contributed by atoms with van der Waals surface area (Å²) in [7, 11) is 0. The minimum atomic E-state index is -0.401. The van der Waals surface area contributed by atoms with E-state index in [9.17, 15) is 9.18 Å². The van der Waals surface area contributed by atoms with Crippen LogP contribution in [0.2, 0.25) is 5.02 Å². The molecule has 0 saturated carbocycles. The summed E-state index contributed by atoms with van der Waals surface area (Å²) in [4.78, 5) is 12.3. The summed E-state index contributed by atoms with van der Waals surface area (Å²) in [6.07, 6.45) is 3.10. The largest absolute Gasteiger partial charge is 0.322 e. The van der Waals surface area contributed by atoms with E-state index in [2.05, 4.69) is 20.7 Å². The van der Waals surface area contributed by atoms with Gasteiger partial charge < -0.3 is 5.32 Å². The fourth-order valence-corrected chi connectivity index (χ4v) is 2.95. The molecule has 0 spiro atoms. The molecule has 9 heteroatoms. The number of para-hydroxylation sites is 1. The van der Waals surface area contributed by atoms with E-state index in [1.54, 1.807) is 18.3 Å². The number of aromatic nitrogens is 5. The van der Waals surface area contributed by atoms with E-state index in [-0.39, 0.29) is 19.0 Å². The van der Waals surface area contributed by atoms with Gasteiger partial charge in [-0.15, -0.1) is 5.10 Å². The molecule has 4 rings (SSSR count). The number of hydrogen-bond acceptors (Lipinski definition) is 4. The van der Waals surface area contributed by atoms with E-state index in [1.165, 1.54) is 21.6 Å². The van der Waals surface area contributed by atoms with Crippen molar-refractivity contribution in [2.45, 2.75) is 13.1 Å². The fourth-order valence-electron chi connectivity index (χ4n) is 2.73.